The van der Waals surface area contributed by atoms with Gasteiger partial charge in [-0.15, -0.1) is 11.3 Å². The quantitative estimate of drug-likeness (QED) is 0.812. The highest BCUT2D eigenvalue weighted by Gasteiger charge is 2.31. The number of nitrogens with zero attached hydrogens (tertiary/aromatic N) is 1. The van der Waals surface area contributed by atoms with Crippen LogP contribution in [0, 0.1) is 6.92 Å². The summed E-state index contributed by atoms with van der Waals surface area (Å²) in [5.74, 6) is -0.0308. The van der Waals surface area contributed by atoms with Crippen molar-refractivity contribution in [2.45, 2.75) is 19.5 Å². The van der Waals surface area contributed by atoms with Crippen LogP contribution in [0.25, 0.3) is 0 Å². The zero-order valence-corrected chi connectivity index (χ0v) is 11.4. The molecule has 2 rings (SSSR count). The first-order valence-electron chi connectivity index (χ1n) is 6.03. The molecule has 1 saturated heterocycles. The van der Waals surface area contributed by atoms with Gasteiger partial charge in [0.2, 0.25) is 5.91 Å². The zero-order chi connectivity index (χ0) is 13.8. The normalized spacial score (nSPS) is 19.7. The van der Waals surface area contributed by atoms with Gasteiger partial charge in [-0.05, 0) is 19.1 Å². The third kappa shape index (κ3) is 3.71. The first kappa shape index (κ1) is 14.4. The van der Waals surface area contributed by atoms with Gasteiger partial charge in [0, 0.05) is 16.3 Å². The van der Waals surface area contributed by atoms with E-state index in [1.54, 1.807) is 16.2 Å². The monoisotopic (exact) mass is 290 g/mol. The lowest BCUT2D eigenvalue weighted by atomic mass is 10.3. The third-order valence-corrected chi connectivity index (χ3v) is 3.88. The van der Waals surface area contributed by atoms with E-state index in [-0.39, 0.29) is 25.2 Å². The number of carbonyl (C=O) groups excluding carboxylic acids is 1. The van der Waals surface area contributed by atoms with Crippen molar-refractivity contribution in [3.8, 4) is 0 Å². The Morgan fingerprint density at radius 3 is 3.00 bits per heavy atom. The molecule has 7 heteroatoms. The molecular weight excluding hydrogens is 274 g/mol. The number of rotatable bonds is 6. The van der Waals surface area contributed by atoms with Crippen LogP contribution in [0.4, 0.5) is 8.78 Å². The van der Waals surface area contributed by atoms with Crippen molar-refractivity contribution in [2.24, 2.45) is 0 Å². The minimum Gasteiger partial charge on any atom is -0.374 e. The number of thiophene rings is 1. The SMILES string of the molecule is Cc1ccc(C2NCC(=O)N2CCOCC(F)F)s1. The predicted octanol–water partition coefficient (Wildman–Crippen LogP) is 1.77. The van der Waals surface area contributed by atoms with Gasteiger partial charge < -0.3 is 9.64 Å². The first-order chi connectivity index (χ1) is 9.08. The molecule has 1 aromatic rings. The van der Waals surface area contributed by atoms with Crippen molar-refractivity contribution >= 4 is 17.2 Å². The van der Waals surface area contributed by atoms with Crippen molar-refractivity contribution in [3.63, 3.8) is 0 Å². The summed E-state index contributed by atoms with van der Waals surface area (Å²) in [6, 6.07) is 3.97. The van der Waals surface area contributed by atoms with Gasteiger partial charge in [-0.25, -0.2) is 8.78 Å². The van der Waals surface area contributed by atoms with Crippen LogP contribution >= 0.6 is 11.3 Å². The van der Waals surface area contributed by atoms with Gasteiger partial charge in [-0.2, -0.15) is 0 Å². The molecule has 1 amide bonds. The second-order valence-corrected chi connectivity index (χ2v) is 5.60. The maximum Gasteiger partial charge on any atom is 0.261 e. The minimum atomic E-state index is -2.47. The average molecular weight is 290 g/mol. The van der Waals surface area contributed by atoms with Gasteiger partial charge in [-0.1, -0.05) is 0 Å². The molecule has 1 aromatic heterocycles. The fourth-order valence-corrected chi connectivity index (χ4v) is 2.95. The lowest BCUT2D eigenvalue weighted by Crippen LogP contribution is -2.33. The van der Waals surface area contributed by atoms with Gasteiger partial charge in [0.05, 0.1) is 13.2 Å². The second-order valence-electron chi connectivity index (χ2n) is 4.28. The van der Waals surface area contributed by atoms with E-state index in [2.05, 4.69) is 5.32 Å². The highest BCUT2D eigenvalue weighted by molar-refractivity contribution is 7.12. The van der Waals surface area contributed by atoms with E-state index in [1.807, 2.05) is 19.1 Å². The summed E-state index contributed by atoms with van der Waals surface area (Å²) in [5.41, 5.74) is 0. The predicted molar refractivity (Wildman–Crippen MR) is 68.3 cm³/mol. The third-order valence-electron chi connectivity index (χ3n) is 2.83. The Kier molecular flexibility index (Phi) is 4.84. The molecule has 4 nitrogen and oxygen atoms in total. The van der Waals surface area contributed by atoms with Gasteiger partial charge >= 0.3 is 0 Å². The molecule has 1 aliphatic heterocycles. The molecule has 1 fully saturated rings. The van der Waals surface area contributed by atoms with Crippen LogP contribution in [0.5, 0.6) is 0 Å². The Morgan fingerprint density at radius 1 is 1.58 bits per heavy atom. The number of hydrogen-bond donors (Lipinski definition) is 1. The van der Waals surface area contributed by atoms with Crippen molar-refractivity contribution in [3.05, 3.63) is 21.9 Å². The topological polar surface area (TPSA) is 41.6 Å². The summed E-state index contributed by atoms with van der Waals surface area (Å²) in [5, 5.41) is 3.12. The largest absolute Gasteiger partial charge is 0.374 e. The molecule has 0 bridgehead atoms. The van der Waals surface area contributed by atoms with Crippen molar-refractivity contribution in [2.75, 3.05) is 26.3 Å². The van der Waals surface area contributed by atoms with Crippen molar-refractivity contribution in [1.82, 2.24) is 10.2 Å². The summed E-state index contributed by atoms with van der Waals surface area (Å²) in [6.07, 6.45) is -2.63. The summed E-state index contributed by atoms with van der Waals surface area (Å²) in [6.45, 7) is 2.13. The van der Waals surface area contributed by atoms with Crippen molar-refractivity contribution in [1.29, 1.82) is 0 Å². The molecule has 1 atom stereocenters. The number of nitrogens with one attached hydrogen (secondary N) is 1. The van der Waals surface area contributed by atoms with Crippen molar-refractivity contribution < 1.29 is 18.3 Å². The van der Waals surface area contributed by atoms with E-state index in [9.17, 15) is 13.6 Å². The lowest BCUT2D eigenvalue weighted by molar-refractivity contribution is -0.129. The summed E-state index contributed by atoms with van der Waals surface area (Å²) in [4.78, 5) is 15.6. The summed E-state index contributed by atoms with van der Waals surface area (Å²) in [7, 11) is 0. The Hall–Kier alpha value is -1.05. The van der Waals surface area contributed by atoms with Crippen LogP contribution in [-0.4, -0.2) is 43.5 Å². The molecule has 1 unspecified atom stereocenters. The van der Waals surface area contributed by atoms with Gasteiger partial charge in [-0.3, -0.25) is 10.1 Å². The van der Waals surface area contributed by atoms with Crippen LogP contribution in [0.2, 0.25) is 0 Å². The fourth-order valence-electron chi connectivity index (χ4n) is 1.98. The fraction of sp³-hybridized carbons (Fsp3) is 0.583. The maximum atomic E-state index is 11.9. The van der Waals surface area contributed by atoms with Crippen LogP contribution in [0.1, 0.15) is 15.9 Å². The molecule has 0 radical (unpaired) electrons. The highest BCUT2D eigenvalue weighted by Crippen LogP contribution is 2.28. The molecule has 0 aromatic carbocycles. The molecule has 0 aliphatic carbocycles. The summed E-state index contributed by atoms with van der Waals surface area (Å²) >= 11 is 1.62. The molecule has 19 heavy (non-hydrogen) atoms. The van der Waals surface area contributed by atoms with Crippen LogP contribution in [-0.2, 0) is 9.53 Å². The number of carbonyl (C=O) groups is 1. The zero-order valence-electron chi connectivity index (χ0n) is 10.6. The minimum absolute atomic E-state index is 0.0308. The van der Waals surface area contributed by atoms with Gasteiger partial charge in [0.15, 0.2) is 0 Å². The number of ether oxygens (including phenoxy) is 1. The second kappa shape index (κ2) is 6.40. The van der Waals surface area contributed by atoms with E-state index in [0.29, 0.717) is 6.54 Å². The molecule has 0 saturated carbocycles. The Balaban J connectivity index is 1.90. The Bertz CT molecular complexity index is 439. The molecular formula is C12H16F2N2O2S. The maximum absolute atomic E-state index is 11.9. The Morgan fingerprint density at radius 2 is 2.37 bits per heavy atom. The highest BCUT2D eigenvalue weighted by atomic mass is 32.1. The molecule has 2 heterocycles. The average Bonchev–Trinajstić information content (AvgIpc) is 2.91. The molecule has 1 N–H and O–H groups in total. The van der Waals surface area contributed by atoms with E-state index in [0.717, 1.165) is 4.88 Å². The van der Waals surface area contributed by atoms with Crippen LogP contribution in [0.15, 0.2) is 12.1 Å². The first-order valence-corrected chi connectivity index (χ1v) is 6.84. The number of hydrogen-bond acceptors (Lipinski definition) is 4. The van der Waals surface area contributed by atoms with E-state index in [1.165, 1.54) is 4.88 Å². The van der Waals surface area contributed by atoms with Gasteiger partial charge in [0.1, 0.15) is 12.8 Å². The van der Waals surface area contributed by atoms with E-state index in [4.69, 9.17) is 4.74 Å². The van der Waals surface area contributed by atoms with E-state index < -0.39 is 13.0 Å². The number of alkyl halides is 2. The molecule has 106 valence electrons. The number of halogens is 2. The lowest BCUT2D eigenvalue weighted by Gasteiger charge is -2.23. The number of aryl methyl sites for hydroxylation is 1. The Labute approximate surface area is 114 Å². The number of amides is 1. The van der Waals surface area contributed by atoms with E-state index >= 15 is 0 Å². The van der Waals surface area contributed by atoms with Crippen LogP contribution < -0.4 is 5.32 Å². The summed E-state index contributed by atoms with van der Waals surface area (Å²) < 4.78 is 28.7. The standard InChI is InChI=1S/C12H16F2N2O2S/c1-8-2-3-9(19-8)12-15-6-11(17)16(12)4-5-18-7-10(13)14/h2-3,10,12,15H,4-7H2,1H3. The smallest absolute Gasteiger partial charge is 0.261 e. The molecule has 0 spiro atoms. The van der Waals surface area contributed by atoms with Crippen LogP contribution in [0.3, 0.4) is 0 Å². The molecule has 1 aliphatic rings. The van der Waals surface area contributed by atoms with Gasteiger partial charge in [0.25, 0.3) is 6.43 Å².